The molecule has 2 atom stereocenters. The Labute approximate surface area is 159 Å². The molecule has 144 valence electrons. The van der Waals surface area contributed by atoms with Crippen LogP contribution < -0.4 is 0 Å². The van der Waals surface area contributed by atoms with Gasteiger partial charge in [0.05, 0.1) is 23.5 Å². The molecule has 26 heavy (non-hydrogen) atoms. The topological polar surface area (TPSA) is 94.8 Å². The molecule has 3 N–H and O–H groups in total. The van der Waals surface area contributed by atoms with E-state index in [-0.39, 0.29) is 11.5 Å². The second-order valence-electron chi connectivity index (χ2n) is 6.64. The van der Waals surface area contributed by atoms with Crippen LogP contribution in [0.25, 0.3) is 6.08 Å². The van der Waals surface area contributed by atoms with Crippen LogP contribution >= 0.6 is 11.6 Å². The molecule has 0 fully saturated rings. The third-order valence-electron chi connectivity index (χ3n) is 4.71. The maximum atomic E-state index is 12.2. The molecule has 2 rings (SSSR count). The summed E-state index contributed by atoms with van der Waals surface area (Å²) in [7, 11) is -3.43. The van der Waals surface area contributed by atoms with Crippen molar-refractivity contribution in [2.45, 2.75) is 44.5 Å². The Bertz CT molecular complexity index is 826. The minimum absolute atomic E-state index is 0.0843. The Morgan fingerprint density at radius 1 is 1.42 bits per heavy atom. The summed E-state index contributed by atoms with van der Waals surface area (Å²) in [6, 6.07) is 4.72. The molecule has 0 amide bonds. The normalized spacial score (nSPS) is 21.3. The van der Waals surface area contributed by atoms with Crippen molar-refractivity contribution in [3.05, 3.63) is 45.5 Å². The fourth-order valence-electron chi connectivity index (χ4n) is 3.31. The van der Waals surface area contributed by atoms with Crippen LogP contribution in [0.2, 0.25) is 5.02 Å². The van der Waals surface area contributed by atoms with Crippen LogP contribution in [0.5, 0.6) is 5.75 Å². The first-order valence-electron chi connectivity index (χ1n) is 8.57. The van der Waals surface area contributed by atoms with Crippen LogP contribution in [0.4, 0.5) is 0 Å². The molecule has 5 nitrogen and oxygen atoms in total. The Kier molecular flexibility index (Phi) is 6.91. The number of hydrogen-bond donors (Lipinski definition) is 3. The highest BCUT2D eigenvalue weighted by Gasteiger charge is 2.40. The first-order valence-corrected chi connectivity index (χ1v) is 10.7. The van der Waals surface area contributed by atoms with Crippen LogP contribution in [0.3, 0.4) is 0 Å². The summed E-state index contributed by atoms with van der Waals surface area (Å²) in [5, 5.41) is 28.9. The first kappa shape index (κ1) is 21.0. The van der Waals surface area contributed by atoms with Gasteiger partial charge in [-0.25, -0.2) is 8.42 Å². The fraction of sp³-hybridized carbons (Fsp3) is 0.474. The largest absolute Gasteiger partial charge is 0.508 e. The molecule has 7 heteroatoms. The zero-order chi connectivity index (χ0) is 19.5. The highest BCUT2D eigenvalue weighted by Crippen LogP contribution is 2.33. The third kappa shape index (κ3) is 4.68. The van der Waals surface area contributed by atoms with Crippen LogP contribution in [-0.4, -0.2) is 47.5 Å². The maximum absolute atomic E-state index is 12.2. The SMILES string of the molecule is CCC1=C([C@H](O)CC/C(C)=C/c2ccc(O)cc2Cl)[C@H](CO)S(=O)(=O)C1. The smallest absolute Gasteiger partial charge is 0.163 e. The summed E-state index contributed by atoms with van der Waals surface area (Å²) < 4.78 is 24.3. The molecule has 1 aromatic carbocycles. The van der Waals surface area contributed by atoms with Gasteiger partial charge in [0.15, 0.2) is 9.84 Å². The third-order valence-corrected chi connectivity index (χ3v) is 7.06. The van der Waals surface area contributed by atoms with Crippen molar-refractivity contribution in [1.82, 2.24) is 0 Å². The van der Waals surface area contributed by atoms with Gasteiger partial charge in [-0.2, -0.15) is 0 Å². The molecule has 1 aliphatic rings. The predicted molar refractivity (Wildman–Crippen MR) is 104 cm³/mol. The molecule has 0 saturated heterocycles. The first-order chi connectivity index (χ1) is 12.2. The van der Waals surface area contributed by atoms with Crippen molar-refractivity contribution in [2.75, 3.05) is 12.4 Å². The lowest BCUT2D eigenvalue weighted by molar-refractivity contribution is 0.188. The second-order valence-corrected chi connectivity index (χ2v) is 9.23. The summed E-state index contributed by atoms with van der Waals surface area (Å²) in [6.45, 7) is 3.26. The van der Waals surface area contributed by atoms with Crippen molar-refractivity contribution >= 4 is 27.5 Å². The molecule has 1 heterocycles. The van der Waals surface area contributed by atoms with Gasteiger partial charge in [0.1, 0.15) is 11.0 Å². The highest BCUT2D eigenvalue weighted by molar-refractivity contribution is 7.92. The number of aliphatic hydroxyl groups excluding tert-OH is 2. The Balaban J connectivity index is 2.12. The van der Waals surface area contributed by atoms with E-state index in [9.17, 15) is 23.7 Å². The lowest BCUT2D eigenvalue weighted by Gasteiger charge is -2.19. The van der Waals surface area contributed by atoms with Crippen LogP contribution in [0, 0.1) is 0 Å². The van der Waals surface area contributed by atoms with Gasteiger partial charge in [-0.05, 0) is 55.5 Å². The highest BCUT2D eigenvalue weighted by atomic mass is 35.5. The second kappa shape index (κ2) is 8.57. The quantitative estimate of drug-likeness (QED) is 0.611. The van der Waals surface area contributed by atoms with Gasteiger partial charge < -0.3 is 15.3 Å². The van der Waals surface area contributed by atoms with Crippen molar-refractivity contribution in [2.24, 2.45) is 0 Å². The fourth-order valence-corrected chi connectivity index (χ4v) is 5.53. The summed E-state index contributed by atoms with van der Waals surface area (Å²) in [4.78, 5) is 0. The molecule has 1 aromatic rings. The van der Waals surface area contributed by atoms with E-state index in [1.165, 1.54) is 6.07 Å². The molecule has 0 unspecified atom stereocenters. The average Bonchev–Trinajstić information content (AvgIpc) is 2.85. The van der Waals surface area contributed by atoms with E-state index < -0.39 is 27.8 Å². The Morgan fingerprint density at radius 2 is 2.12 bits per heavy atom. The van der Waals surface area contributed by atoms with Gasteiger partial charge in [0, 0.05) is 0 Å². The Morgan fingerprint density at radius 3 is 2.69 bits per heavy atom. The molecular weight excluding hydrogens is 376 g/mol. The monoisotopic (exact) mass is 400 g/mol. The van der Waals surface area contributed by atoms with E-state index in [1.54, 1.807) is 12.1 Å². The van der Waals surface area contributed by atoms with Crippen molar-refractivity contribution < 1.29 is 23.7 Å². The summed E-state index contributed by atoms with van der Waals surface area (Å²) >= 11 is 6.09. The van der Waals surface area contributed by atoms with E-state index in [1.807, 2.05) is 19.9 Å². The number of hydrogen-bond acceptors (Lipinski definition) is 5. The number of rotatable bonds is 7. The summed E-state index contributed by atoms with van der Waals surface area (Å²) in [6.07, 6.45) is 2.43. The average molecular weight is 401 g/mol. The van der Waals surface area contributed by atoms with Crippen LogP contribution in [0.1, 0.15) is 38.7 Å². The minimum atomic E-state index is -3.43. The lowest BCUT2D eigenvalue weighted by atomic mass is 9.94. The number of sulfone groups is 1. The van der Waals surface area contributed by atoms with Gasteiger partial charge in [-0.1, -0.05) is 35.7 Å². The summed E-state index contributed by atoms with van der Waals surface area (Å²) in [5.74, 6) is 0.00994. The zero-order valence-corrected chi connectivity index (χ0v) is 16.5. The van der Waals surface area contributed by atoms with E-state index in [0.29, 0.717) is 35.4 Å². The molecule has 0 saturated carbocycles. The van der Waals surface area contributed by atoms with Gasteiger partial charge in [0.2, 0.25) is 0 Å². The van der Waals surface area contributed by atoms with Gasteiger partial charge in [0.25, 0.3) is 0 Å². The number of allylic oxidation sites excluding steroid dienone is 1. The number of aromatic hydroxyl groups is 1. The molecule has 0 bridgehead atoms. The molecule has 0 radical (unpaired) electrons. The summed E-state index contributed by atoms with van der Waals surface area (Å²) in [5.41, 5.74) is 2.91. The molecule has 1 aliphatic heterocycles. The van der Waals surface area contributed by atoms with Crippen molar-refractivity contribution in [3.63, 3.8) is 0 Å². The molecular formula is C19H25ClO5S. The minimum Gasteiger partial charge on any atom is -0.508 e. The number of benzene rings is 1. The number of aliphatic hydroxyl groups is 2. The van der Waals surface area contributed by atoms with Gasteiger partial charge >= 0.3 is 0 Å². The zero-order valence-electron chi connectivity index (χ0n) is 14.9. The van der Waals surface area contributed by atoms with E-state index in [4.69, 9.17) is 11.6 Å². The maximum Gasteiger partial charge on any atom is 0.163 e. The number of phenols is 1. The van der Waals surface area contributed by atoms with E-state index >= 15 is 0 Å². The predicted octanol–water partition coefficient (Wildman–Crippen LogP) is 3.09. The Hall–Kier alpha value is -1.34. The standard InChI is InChI=1S/C19H25ClO5S/c1-3-13-11-26(24,25)18(10-21)19(13)17(23)7-4-12(2)8-14-5-6-15(22)9-16(14)20/h5-6,8-9,17-18,21-23H,3-4,7,10-11H2,1-2H3/b12-8+/t17-,18+/m1/s1. The molecule has 0 aromatic heterocycles. The number of halogens is 1. The van der Waals surface area contributed by atoms with E-state index in [0.717, 1.165) is 11.1 Å². The molecule has 0 spiro atoms. The van der Waals surface area contributed by atoms with E-state index in [2.05, 4.69) is 0 Å². The molecule has 0 aliphatic carbocycles. The van der Waals surface area contributed by atoms with Crippen LogP contribution in [0.15, 0.2) is 34.9 Å². The van der Waals surface area contributed by atoms with Crippen molar-refractivity contribution in [1.29, 1.82) is 0 Å². The number of phenolic OH excluding ortho intramolecular Hbond substituents is 1. The lowest BCUT2D eigenvalue weighted by Crippen LogP contribution is -2.29. The van der Waals surface area contributed by atoms with Gasteiger partial charge in [-0.15, -0.1) is 0 Å². The van der Waals surface area contributed by atoms with Crippen molar-refractivity contribution in [3.8, 4) is 5.75 Å². The van der Waals surface area contributed by atoms with Gasteiger partial charge in [-0.3, -0.25) is 0 Å². The van der Waals surface area contributed by atoms with Crippen LogP contribution in [-0.2, 0) is 9.84 Å².